The molecule has 2 aromatic rings. The van der Waals surface area contributed by atoms with Crippen molar-refractivity contribution in [3.8, 4) is 0 Å². The molecule has 0 aliphatic heterocycles. The van der Waals surface area contributed by atoms with Crippen molar-refractivity contribution in [3.63, 3.8) is 0 Å². The van der Waals surface area contributed by atoms with Gasteiger partial charge in [0.25, 0.3) is 21.5 Å². The maximum Gasteiger partial charge on any atom is 0.257 e. The highest BCUT2D eigenvalue weighted by Gasteiger charge is 2.15. The fraction of sp³-hybridized carbons (Fsp3) is 0.0769. The van der Waals surface area contributed by atoms with Crippen LogP contribution in [0.15, 0.2) is 58.4 Å². The summed E-state index contributed by atoms with van der Waals surface area (Å²) in [5, 5.41) is 0. The van der Waals surface area contributed by atoms with Gasteiger partial charge in [-0.3, -0.25) is 15.0 Å². The minimum Gasteiger partial charge on any atom is -0.306 e. The number of sulfonamides is 1. The van der Waals surface area contributed by atoms with Gasteiger partial charge >= 0.3 is 0 Å². The third-order valence-electron chi connectivity index (χ3n) is 2.64. The van der Waals surface area contributed by atoms with E-state index in [1.165, 1.54) is 30.5 Å². The van der Waals surface area contributed by atoms with Crippen molar-refractivity contribution in [2.45, 2.75) is 11.4 Å². The molecule has 2 rings (SSSR count). The van der Waals surface area contributed by atoms with Crippen molar-refractivity contribution in [2.24, 2.45) is 0 Å². The molecule has 0 aliphatic carbocycles. The quantitative estimate of drug-likeness (QED) is 0.756. The van der Waals surface area contributed by atoms with Crippen LogP contribution in [0.3, 0.4) is 0 Å². The number of nitrogens with one attached hydrogen (secondary N) is 2. The number of hydrogen-bond donors (Lipinski definition) is 2. The molecule has 2 N–H and O–H groups in total. The van der Waals surface area contributed by atoms with Gasteiger partial charge in [-0.15, -0.1) is 4.83 Å². The lowest BCUT2D eigenvalue weighted by Crippen LogP contribution is -2.44. The Hall–Kier alpha value is -2.52. The van der Waals surface area contributed by atoms with Crippen LogP contribution < -0.4 is 15.8 Å². The van der Waals surface area contributed by atoms with Gasteiger partial charge < -0.3 is 4.57 Å². The number of pyridine rings is 1. The van der Waals surface area contributed by atoms with Gasteiger partial charge in [-0.2, -0.15) is 0 Å². The highest BCUT2D eigenvalue weighted by molar-refractivity contribution is 7.89. The van der Waals surface area contributed by atoms with E-state index in [1.54, 1.807) is 6.07 Å². The molecule has 0 aliphatic rings. The molecular weight excluding hydrogens is 313 g/mol. The first-order valence-electron chi connectivity index (χ1n) is 6.10. The van der Waals surface area contributed by atoms with Crippen molar-refractivity contribution in [3.05, 3.63) is 64.8 Å². The van der Waals surface area contributed by atoms with E-state index in [1.807, 2.05) is 10.3 Å². The van der Waals surface area contributed by atoms with Crippen molar-refractivity contribution in [1.29, 1.82) is 0 Å². The molecule has 0 saturated carbocycles. The number of hydrazine groups is 1. The largest absolute Gasteiger partial charge is 0.306 e. The molecule has 1 amide bonds. The second-order valence-corrected chi connectivity index (χ2v) is 5.96. The van der Waals surface area contributed by atoms with E-state index in [-0.39, 0.29) is 11.4 Å². The summed E-state index contributed by atoms with van der Waals surface area (Å²) in [6.45, 7) is -0.356. The van der Waals surface area contributed by atoms with Gasteiger partial charge in [0.1, 0.15) is 12.4 Å². The van der Waals surface area contributed by atoms with E-state index in [2.05, 4.69) is 0 Å². The highest BCUT2D eigenvalue weighted by atomic mass is 32.2. The Labute approximate surface area is 125 Å². The van der Waals surface area contributed by atoms with Crippen LogP contribution >= 0.6 is 0 Å². The van der Waals surface area contributed by atoms with Gasteiger partial charge in [0.2, 0.25) is 0 Å². The number of benzene rings is 1. The fourth-order valence-corrected chi connectivity index (χ4v) is 2.49. The maximum absolute atomic E-state index is 13.0. The molecule has 0 unspecified atom stereocenters. The van der Waals surface area contributed by atoms with E-state index in [4.69, 9.17) is 0 Å². The molecule has 0 fully saturated rings. The third kappa shape index (κ3) is 3.99. The summed E-state index contributed by atoms with van der Waals surface area (Å²) in [5.41, 5.74) is 1.56. The predicted molar refractivity (Wildman–Crippen MR) is 75.6 cm³/mol. The van der Waals surface area contributed by atoms with E-state index >= 15 is 0 Å². The molecule has 0 bridgehead atoms. The van der Waals surface area contributed by atoms with Gasteiger partial charge in [-0.05, 0) is 24.3 Å². The molecule has 7 nitrogen and oxygen atoms in total. The van der Waals surface area contributed by atoms with Gasteiger partial charge in [0.05, 0.1) is 4.90 Å². The van der Waals surface area contributed by atoms with Crippen LogP contribution in [0.25, 0.3) is 0 Å². The average molecular weight is 325 g/mol. The number of carbonyl (C=O) groups excluding carboxylic acids is 1. The first-order valence-corrected chi connectivity index (χ1v) is 7.58. The van der Waals surface area contributed by atoms with Gasteiger partial charge in [-0.1, -0.05) is 12.1 Å². The number of nitrogens with zero attached hydrogens (tertiary/aromatic N) is 1. The molecule has 1 heterocycles. The lowest BCUT2D eigenvalue weighted by Gasteiger charge is -2.09. The third-order valence-corrected chi connectivity index (χ3v) is 3.89. The molecule has 22 heavy (non-hydrogen) atoms. The Morgan fingerprint density at radius 1 is 1.18 bits per heavy atom. The lowest BCUT2D eigenvalue weighted by atomic mass is 10.4. The van der Waals surface area contributed by atoms with Crippen molar-refractivity contribution in [1.82, 2.24) is 14.8 Å². The number of aromatic nitrogens is 1. The van der Waals surface area contributed by atoms with Gasteiger partial charge in [-0.25, -0.2) is 12.8 Å². The first-order chi connectivity index (χ1) is 10.4. The van der Waals surface area contributed by atoms with Crippen molar-refractivity contribution >= 4 is 15.9 Å². The Morgan fingerprint density at radius 2 is 1.95 bits per heavy atom. The van der Waals surface area contributed by atoms with Crippen molar-refractivity contribution in [2.75, 3.05) is 0 Å². The summed E-state index contributed by atoms with van der Waals surface area (Å²) < 4.78 is 37.8. The Morgan fingerprint density at radius 3 is 2.64 bits per heavy atom. The topological polar surface area (TPSA) is 97.3 Å². The van der Waals surface area contributed by atoms with Gasteiger partial charge in [0.15, 0.2) is 0 Å². The lowest BCUT2D eigenvalue weighted by molar-refractivity contribution is -0.122. The first kappa shape index (κ1) is 15.9. The normalized spacial score (nSPS) is 11.1. The molecule has 0 saturated heterocycles. The molecule has 0 atom stereocenters. The molecule has 1 aromatic heterocycles. The van der Waals surface area contributed by atoms with E-state index in [0.29, 0.717) is 0 Å². The van der Waals surface area contributed by atoms with Crippen LogP contribution in [0.4, 0.5) is 4.39 Å². The fourth-order valence-electron chi connectivity index (χ4n) is 1.60. The van der Waals surface area contributed by atoms with E-state index < -0.39 is 27.3 Å². The summed E-state index contributed by atoms with van der Waals surface area (Å²) in [5.74, 6) is -1.46. The number of hydrogen-bond acceptors (Lipinski definition) is 4. The second kappa shape index (κ2) is 6.50. The molecular formula is C13H12FN3O4S. The van der Waals surface area contributed by atoms with E-state index in [0.717, 1.165) is 16.7 Å². The van der Waals surface area contributed by atoms with Crippen LogP contribution in [0.5, 0.6) is 0 Å². The van der Waals surface area contributed by atoms with Crippen molar-refractivity contribution < 1.29 is 17.6 Å². The summed E-state index contributed by atoms with van der Waals surface area (Å²) in [7, 11) is -4.09. The molecule has 9 heteroatoms. The van der Waals surface area contributed by atoms with Crippen LogP contribution in [0.1, 0.15) is 0 Å². The monoisotopic (exact) mass is 325 g/mol. The van der Waals surface area contributed by atoms with Crippen LogP contribution in [-0.2, 0) is 21.4 Å². The Kier molecular flexibility index (Phi) is 4.68. The zero-order valence-corrected chi connectivity index (χ0v) is 12.0. The smallest absolute Gasteiger partial charge is 0.257 e. The zero-order chi connectivity index (χ0) is 16.2. The van der Waals surface area contributed by atoms with Crippen LogP contribution in [-0.4, -0.2) is 18.9 Å². The number of rotatable bonds is 5. The van der Waals surface area contributed by atoms with Crippen LogP contribution in [0.2, 0.25) is 0 Å². The highest BCUT2D eigenvalue weighted by Crippen LogP contribution is 2.09. The zero-order valence-electron chi connectivity index (χ0n) is 11.2. The molecule has 0 radical (unpaired) electrons. The summed E-state index contributed by atoms with van der Waals surface area (Å²) in [6.07, 6.45) is 1.39. The molecule has 1 aromatic carbocycles. The second-order valence-electron chi connectivity index (χ2n) is 4.28. The van der Waals surface area contributed by atoms with E-state index in [9.17, 15) is 22.4 Å². The average Bonchev–Trinajstić information content (AvgIpc) is 2.48. The number of amides is 1. The summed E-state index contributed by atoms with van der Waals surface area (Å²) >= 11 is 0. The molecule has 0 spiro atoms. The minimum absolute atomic E-state index is 0.329. The maximum atomic E-state index is 13.0. The Balaban J connectivity index is 2.02. The number of carbonyl (C=O) groups is 1. The summed E-state index contributed by atoms with van der Waals surface area (Å²) in [4.78, 5) is 24.6. The summed E-state index contributed by atoms with van der Waals surface area (Å²) in [6, 6.07) is 8.67. The SMILES string of the molecule is O=C(Cn1ccccc1=O)NNS(=O)(=O)c1cccc(F)c1. The predicted octanol–water partition coefficient (Wildman–Crippen LogP) is -0.00290. The molecule has 116 valence electrons. The van der Waals surface area contributed by atoms with Crippen LogP contribution in [0, 0.1) is 5.82 Å². The standard InChI is InChI=1S/C13H12FN3O4S/c14-10-4-3-5-11(8-10)22(20,21)16-15-12(18)9-17-7-2-1-6-13(17)19/h1-8,16H,9H2,(H,15,18). The van der Waals surface area contributed by atoms with Gasteiger partial charge in [0, 0.05) is 12.3 Å². The Bertz CT molecular complexity index is 848. The minimum atomic E-state index is -4.09. The number of halogens is 1.